The summed E-state index contributed by atoms with van der Waals surface area (Å²) in [5.41, 5.74) is 18.8. The van der Waals surface area contributed by atoms with Crippen LogP contribution in [0.15, 0.2) is 84.4 Å². The molecule has 3 aliphatic rings. The fourth-order valence-corrected chi connectivity index (χ4v) is 17.4. The number of hydrogen-bond acceptors (Lipinski definition) is 23. The average Bonchev–Trinajstić information content (AvgIpc) is 1.66. The number of likely N-dealkylation sites (N-methyl/N-ethyl adjacent to an activating group) is 3. The number of benzene rings is 3. The van der Waals surface area contributed by atoms with Crippen LogP contribution < -0.4 is 70.4 Å². The van der Waals surface area contributed by atoms with Crippen molar-refractivity contribution in [3.05, 3.63) is 101 Å². The van der Waals surface area contributed by atoms with E-state index in [1.54, 1.807) is 55.8 Å². The van der Waals surface area contributed by atoms with Crippen LogP contribution in [0.1, 0.15) is 135 Å². The minimum atomic E-state index is -1.88. The van der Waals surface area contributed by atoms with Crippen molar-refractivity contribution in [3.8, 4) is 5.75 Å². The molecule has 0 radical (unpaired) electrons. The lowest BCUT2D eigenvalue weighted by molar-refractivity contribution is -0.149. The van der Waals surface area contributed by atoms with E-state index in [-0.39, 0.29) is 63.7 Å². The minimum absolute atomic E-state index is 0.0186. The molecule has 0 bridgehead atoms. The van der Waals surface area contributed by atoms with Crippen LogP contribution >= 0.6 is 23.1 Å². The number of rotatable bonds is 22. The molecule has 15 atom stereocenters. The number of thioether (sulfide) groups is 1. The van der Waals surface area contributed by atoms with Crippen molar-refractivity contribution in [2.45, 2.75) is 229 Å². The first kappa shape index (κ1) is 101. The number of fused-ring (bicyclic) bond motifs is 4. The molecule has 8 rings (SSSR count). The summed E-state index contributed by atoms with van der Waals surface area (Å²) in [6.45, 7) is 7.15. The molecule has 128 heavy (non-hydrogen) atoms. The summed E-state index contributed by atoms with van der Waals surface area (Å²) in [5, 5.41) is 61.4. The van der Waals surface area contributed by atoms with E-state index in [0.717, 1.165) is 41.0 Å². The molecule has 3 fully saturated rings. The van der Waals surface area contributed by atoms with E-state index >= 15 is 28.8 Å². The van der Waals surface area contributed by atoms with Gasteiger partial charge in [0, 0.05) is 87.5 Å². The number of amides is 18. The predicted molar refractivity (Wildman–Crippen MR) is 471 cm³/mol. The molecule has 5 heterocycles. The highest BCUT2D eigenvalue weighted by molar-refractivity contribution is 8.00. The standard InChI is InChI=1S/C86H119N19O21S2/c1-10-12-22-64-79(119)92-46(5)73(113)100-63(75(115)91-39-71(89)111)43-127-44-72(112)93-59(32-48-26-28-51(107)29-27-48)82(122)101(7)47(6)74(114)96-61(37-70(88)110)84(124)104-30-18-24-65(104)80(120)95-57(36-69(87)109)77(117)97-58(31-45(3)4)85(125)105-40-52(108)35-67(105)81(121)94-56(33-49-38-90-55-21-16-14-19-53(49)55)76(116)99-62(41-106)78(118)98-60(34-50-42-128-68-25-17-15-20-54(50)68)83(123)103(9)66(23-13-11-2)86(126)102(64)8/h14-17,19-21,25-29,38,42,45-47,52,56-67,90,106-108H,10-13,18,22-24,30-37,39-41,43-44H2,1-9H3,(H2,87,109)(H2,88,110)(H2,89,111)(H,91,115)(H,92,119)(H,93,112)(H,94,121)(H,95,120)(H,96,114)(H,97,117)(H,98,118)(H,99,116)(H,100,113)/t46-,47-,52+,56-,57-,58-,59-,60-,61-,62-,63?,64-,65-,66-,67-/m0/s1. The number of nitrogens with two attached hydrogens (primary N) is 3. The third kappa shape index (κ3) is 27.6. The molecule has 18 amide bonds. The summed E-state index contributed by atoms with van der Waals surface area (Å²) in [6, 6.07) is -2.37. The molecule has 40 nitrogen and oxygen atoms in total. The topological polar surface area (TPSA) is 598 Å². The number of nitrogens with zero attached hydrogens (tertiary/aromatic N) is 5. The number of aliphatic hydroxyl groups is 2. The van der Waals surface area contributed by atoms with Crippen molar-refractivity contribution in [1.29, 1.82) is 0 Å². The van der Waals surface area contributed by atoms with E-state index in [4.69, 9.17) is 17.2 Å². The van der Waals surface area contributed by atoms with Crippen LogP contribution in [0, 0.1) is 5.92 Å². The van der Waals surface area contributed by atoms with Gasteiger partial charge in [-0.3, -0.25) is 86.3 Å². The van der Waals surface area contributed by atoms with Crippen molar-refractivity contribution in [3.63, 3.8) is 0 Å². The molecular formula is C86H119N19O21S2. The summed E-state index contributed by atoms with van der Waals surface area (Å²) in [6.07, 6.45) is -1.10. The zero-order valence-electron chi connectivity index (χ0n) is 73.1. The molecule has 1 unspecified atom stereocenters. The number of unbranched alkanes of at least 4 members (excludes halogenated alkanes) is 2. The Morgan fingerprint density at radius 2 is 1.10 bits per heavy atom. The van der Waals surface area contributed by atoms with Crippen LogP contribution in [0.25, 0.3) is 21.0 Å². The van der Waals surface area contributed by atoms with Gasteiger partial charge in [0.15, 0.2) is 0 Å². The second-order valence-electron chi connectivity index (χ2n) is 33.0. The number of aliphatic hydroxyl groups excluding tert-OH is 2. The number of hydrogen-bond donors (Lipinski definition) is 17. The quantitative estimate of drug-likeness (QED) is 0.0340. The molecule has 42 heteroatoms. The Bertz CT molecular complexity index is 4870. The number of phenols is 1. The highest BCUT2D eigenvalue weighted by atomic mass is 32.2. The third-order valence-corrected chi connectivity index (χ3v) is 24.8. The molecule has 0 saturated carbocycles. The first-order valence-electron chi connectivity index (χ1n) is 42.6. The maximum Gasteiger partial charge on any atom is 0.246 e. The summed E-state index contributed by atoms with van der Waals surface area (Å²) >= 11 is 2.12. The number of H-pyrrole nitrogens is 1. The number of carbonyl (C=O) groups excluding carboxylic acids is 18. The number of carbonyl (C=O) groups is 18. The van der Waals surface area contributed by atoms with Gasteiger partial charge in [0.05, 0.1) is 37.9 Å². The second-order valence-corrected chi connectivity index (χ2v) is 34.9. The number of aromatic hydroxyl groups is 1. The maximum atomic E-state index is 15.6. The summed E-state index contributed by atoms with van der Waals surface area (Å²) in [4.78, 5) is 268. The fourth-order valence-electron chi connectivity index (χ4n) is 15.6. The third-order valence-electron chi connectivity index (χ3n) is 22.8. The molecular weight excluding hydrogens is 1700 g/mol. The predicted octanol–water partition coefficient (Wildman–Crippen LogP) is -2.53. The molecule has 3 saturated heterocycles. The van der Waals surface area contributed by atoms with Crippen molar-refractivity contribution in [2.75, 3.05) is 58.9 Å². The largest absolute Gasteiger partial charge is 0.508 e. The van der Waals surface area contributed by atoms with Gasteiger partial charge in [0.1, 0.15) is 90.3 Å². The van der Waals surface area contributed by atoms with E-state index in [1.807, 2.05) is 32.0 Å². The van der Waals surface area contributed by atoms with Gasteiger partial charge in [-0.2, -0.15) is 0 Å². The Morgan fingerprint density at radius 1 is 0.547 bits per heavy atom. The van der Waals surface area contributed by atoms with Crippen LogP contribution in [-0.4, -0.2) is 301 Å². The van der Waals surface area contributed by atoms with Gasteiger partial charge < -0.3 is 115 Å². The first-order valence-corrected chi connectivity index (χ1v) is 44.7. The fraction of sp³-hybridized carbons (Fsp3) is 0.535. The average molecular weight is 1820 g/mol. The molecule has 0 spiro atoms. The lowest BCUT2D eigenvalue weighted by Crippen LogP contribution is -2.61. The van der Waals surface area contributed by atoms with E-state index in [0.29, 0.717) is 58.7 Å². The van der Waals surface area contributed by atoms with Crippen molar-refractivity contribution >= 4 is 150 Å². The SMILES string of the molecule is CCCC[C@H]1C(=O)N(C)[C@@H](CCCC)C(=O)N[C@@H](C)C(=O)NC(C(=O)NCC(N)=O)CSCC(=O)N[C@@H](Cc2ccc(O)cc2)C(=O)N(C)[C@@H](C)C(=O)N[C@@H](CC(N)=O)C(=O)N2CCC[C@H]2C(=O)N[C@@H](CC(N)=O)C(=O)N[C@@H](CC(C)C)C(=O)N2C[C@H](O)C[C@H]2C(=O)N[C@@H](Cc2c[nH]c3ccccc23)C(=O)N[C@@H](CO)C(=O)N[C@@H](Cc2csc3ccccc23)C(=O)N1C. The number of aromatic nitrogens is 1. The Morgan fingerprint density at radius 3 is 1.76 bits per heavy atom. The number of phenolic OH excluding ortho intramolecular Hbond substituents is 1. The van der Waals surface area contributed by atoms with E-state index in [1.165, 1.54) is 70.6 Å². The van der Waals surface area contributed by atoms with Crippen molar-refractivity contribution in [2.24, 2.45) is 23.1 Å². The van der Waals surface area contributed by atoms with Gasteiger partial charge in [0.2, 0.25) is 106 Å². The van der Waals surface area contributed by atoms with Crippen LogP contribution in [0.3, 0.4) is 0 Å². The number of thiophene rings is 1. The van der Waals surface area contributed by atoms with Gasteiger partial charge in [-0.25, -0.2) is 0 Å². The molecule has 3 aliphatic heterocycles. The lowest BCUT2D eigenvalue weighted by Gasteiger charge is -2.36. The summed E-state index contributed by atoms with van der Waals surface area (Å²) in [7, 11) is 3.90. The van der Waals surface area contributed by atoms with Crippen LogP contribution in [0.2, 0.25) is 0 Å². The number of aromatic amines is 1. The van der Waals surface area contributed by atoms with Gasteiger partial charge >= 0.3 is 0 Å². The van der Waals surface area contributed by atoms with E-state index in [9.17, 15) is 72.9 Å². The minimum Gasteiger partial charge on any atom is -0.508 e. The van der Waals surface area contributed by atoms with Crippen LogP contribution in [0.4, 0.5) is 0 Å². The monoisotopic (exact) mass is 1820 g/mol. The number of primary amides is 3. The first-order chi connectivity index (χ1) is 60.7. The van der Waals surface area contributed by atoms with Gasteiger partial charge in [0.25, 0.3) is 0 Å². The zero-order chi connectivity index (χ0) is 94.1. The Labute approximate surface area is 748 Å². The molecule has 3 aromatic carbocycles. The summed E-state index contributed by atoms with van der Waals surface area (Å²) in [5.74, 6) is -19.1. The smallest absolute Gasteiger partial charge is 0.246 e. The molecule has 20 N–H and O–H groups in total. The van der Waals surface area contributed by atoms with E-state index in [2.05, 4.69) is 58.2 Å². The van der Waals surface area contributed by atoms with Crippen LogP contribution in [0.5, 0.6) is 5.75 Å². The molecule has 0 aliphatic carbocycles. The number of nitrogens with one attached hydrogen (secondary N) is 11. The normalized spacial score (nSPS) is 25.5. The molecule has 5 aromatic rings. The van der Waals surface area contributed by atoms with Crippen molar-refractivity contribution in [1.82, 2.24) is 82.7 Å². The Balaban J connectivity index is 1.17. The lowest BCUT2D eigenvalue weighted by atomic mass is 10.00. The zero-order valence-corrected chi connectivity index (χ0v) is 74.8. The second kappa shape index (κ2) is 47.5. The molecule has 696 valence electrons. The number of para-hydroxylation sites is 1. The highest BCUT2D eigenvalue weighted by Crippen LogP contribution is 2.30. The van der Waals surface area contributed by atoms with Crippen molar-refractivity contribution < 1.29 is 102 Å². The van der Waals surface area contributed by atoms with Gasteiger partial charge in [-0.15, -0.1) is 23.1 Å². The van der Waals surface area contributed by atoms with Crippen LogP contribution in [-0.2, 0) is 106 Å². The summed E-state index contributed by atoms with van der Waals surface area (Å²) < 4.78 is 0.815. The highest BCUT2D eigenvalue weighted by Gasteiger charge is 2.47. The van der Waals surface area contributed by atoms with E-state index < -0.39 is 253 Å². The van der Waals surface area contributed by atoms with Gasteiger partial charge in [-0.05, 0) is 104 Å². The molecule has 2 aromatic heterocycles. The van der Waals surface area contributed by atoms with Gasteiger partial charge in [-0.1, -0.05) is 102 Å². The maximum absolute atomic E-state index is 15.6. The Hall–Kier alpha value is -12.3. The Kier molecular flexibility index (Phi) is 37.5.